The summed E-state index contributed by atoms with van der Waals surface area (Å²) < 4.78 is 7.42. The molecule has 0 fully saturated rings. The van der Waals surface area contributed by atoms with Crippen molar-refractivity contribution in [3.63, 3.8) is 0 Å². The van der Waals surface area contributed by atoms with Gasteiger partial charge in [0.15, 0.2) is 5.60 Å². The first kappa shape index (κ1) is 18.0. The number of carbonyl (C=O) groups excluding carboxylic acids is 2. The number of benzene rings is 2. The molecule has 1 N–H and O–H groups in total. The van der Waals surface area contributed by atoms with Crippen LogP contribution in [0.5, 0.6) is 0 Å². The van der Waals surface area contributed by atoms with Gasteiger partial charge in [-0.25, -0.2) is 9.78 Å². The fourth-order valence-corrected chi connectivity index (χ4v) is 3.44. The summed E-state index contributed by atoms with van der Waals surface area (Å²) in [5, 5.41) is 2.98. The third kappa shape index (κ3) is 3.29. The summed E-state index contributed by atoms with van der Waals surface area (Å²) in [6.07, 6.45) is 5.68. The predicted molar refractivity (Wildman–Crippen MR) is 104 cm³/mol. The van der Waals surface area contributed by atoms with Gasteiger partial charge in [0.05, 0.1) is 17.9 Å². The van der Waals surface area contributed by atoms with Crippen molar-refractivity contribution in [3.05, 3.63) is 83.9 Å². The minimum Gasteiger partial charge on any atom is -0.445 e. The number of imidazole rings is 1. The minimum atomic E-state index is -1.23. The number of esters is 1. The van der Waals surface area contributed by atoms with Crippen LogP contribution in [0.2, 0.25) is 0 Å². The topological polar surface area (TPSA) is 73.2 Å². The van der Waals surface area contributed by atoms with Gasteiger partial charge in [0.2, 0.25) is 0 Å². The molecule has 4 rings (SSSR count). The van der Waals surface area contributed by atoms with Crippen molar-refractivity contribution in [2.45, 2.75) is 31.9 Å². The molecule has 142 valence electrons. The second-order valence-electron chi connectivity index (χ2n) is 7.21. The van der Waals surface area contributed by atoms with Gasteiger partial charge in [-0.1, -0.05) is 30.3 Å². The van der Waals surface area contributed by atoms with Crippen LogP contribution >= 0.6 is 0 Å². The van der Waals surface area contributed by atoms with E-state index in [1.165, 1.54) is 0 Å². The maximum absolute atomic E-state index is 12.9. The summed E-state index contributed by atoms with van der Waals surface area (Å²) in [5.74, 6) is -0.765. The third-order valence-corrected chi connectivity index (χ3v) is 5.11. The molecule has 2 atom stereocenters. The number of nitrogens with zero attached hydrogens (tertiary/aromatic N) is 2. The van der Waals surface area contributed by atoms with Crippen LogP contribution in [-0.4, -0.2) is 27.0 Å². The lowest BCUT2D eigenvalue weighted by Gasteiger charge is -2.34. The number of cyclic esters (lactones) is 1. The van der Waals surface area contributed by atoms with Gasteiger partial charge in [-0.2, -0.15) is 0 Å². The van der Waals surface area contributed by atoms with Crippen molar-refractivity contribution in [1.82, 2.24) is 14.9 Å². The highest BCUT2D eigenvalue weighted by Gasteiger charge is 2.42. The average Bonchev–Trinajstić information content (AvgIpc) is 3.23. The Morgan fingerprint density at radius 1 is 1.21 bits per heavy atom. The molecule has 1 amide bonds. The quantitative estimate of drug-likeness (QED) is 0.711. The van der Waals surface area contributed by atoms with Crippen LogP contribution in [-0.2, 0) is 16.0 Å². The van der Waals surface area contributed by atoms with Crippen molar-refractivity contribution in [1.29, 1.82) is 0 Å². The second kappa shape index (κ2) is 6.96. The van der Waals surface area contributed by atoms with E-state index in [1.54, 1.807) is 31.6 Å². The number of hydrogen-bond acceptors (Lipinski definition) is 4. The van der Waals surface area contributed by atoms with E-state index in [2.05, 4.69) is 10.3 Å². The molecule has 0 bridgehead atoms. The van der Waals surface area contributed by atoms with Crippen LogP contribution in [0.1, 0.15) is 41.4 Å². The molecule has 0 saturated carbocycles. The van der Waals surface area contributed by atoms with Crippen molar-refractivity contribution >= 4 is 11.9 Å². The number of carbonyl (C=O) groups is 2. The van der Waals surface area contributed by atoms with Crippen LogP contribution in [0.4, 0.5) is 0 Å². The van der Waals surface area contributed by atoms with E-state index in [0.717, 1.165) is 16.8 Å². The highest BCUT2D eigenvalue weighted by Crippen LogP contribution is 2.29. The lowest BCUT2D eigenvalue weighted by molar-refractivity contribution is -0.140. The SMILES string of the molecule is C[C@H](NC(=O)[C@@]1(C)Cc2ccccc2C(=O)O1)c1ccc(-n2ccnc2)cc1. The van der Waals surface area contributed by atoms with Crippen molar-refractivity contribution < 1.29 is 14.3 Å². The van der Waals surface area contributed by atoms with Crippen LogP contribution in [0, 0.1) is 0 Å². The van der Waals surface area contributed by atoms with Gasteiger partial charge < -0.3 is 14.6 Å². The highest BCUT2D eigenvalue weighted by molar-refractivity contribution is 5.97. The van der Waals surface area contributed by atoms with Gasteiger partial charge in [-0.15, -0.1) is 0 Å². The summed E-state index contributed by atoms with van der Waals surface area (Å²) >= 11 is 0. The van der Waals surface area contributed by atoms with Gasteiger partial charge in [0.25, 0.3) is 5.91 Å². The molecule has 1 aliphatic heterocycles. The Labute approximate surface area is 163 Å². The fourth-order valence-electron chi connectivity index (χ4n) is 3.44. The second-order valence-corrected chi connectivity index (χ2v) is 7.21. The average molecular weight is 375 g/mol. The first-order valence-corrected chi connectivity index (χ1v) is 9.17. The molecule has 0 unspecified atom stereocenters. The van der Waals surface area contributed by atoms with E-state index in [1.807, 2.05) is 54.1 Å². The molecule has 6 heteroatoms. The summed E-state index contributed by atoms with van der Waals surface area (Å²) in [7, 11) is 0. The molecular formula is C22H21N3O3. The molecule has 2 heterocycles. The molecule has 3 aromatic rings. The largest absolute Gasteiger partial charge is 0.445 e. The fraction of sp³-hybridized carbons (Fsp3) is 0.227. The molecular weight excluding hydrogens is 354 g/mol. The zero-order chi connectivity index (χ0) is 19.7. The summed E-state index contributed by atoms with van der Waals surface area (Å²) in [5.41, 5.74) is 2.08. The third-order valence-electron chi connectivity index (χ3n) is 5.11. The number of ether oxygens (including phenoxy) is 1. The van der Waals surface area contributed by atoms with E-state index >= 15 is 0 Å². The molecule has 28 heavy (non-hydrogen) atoms. The maximum atomic E-state index is 12.9. The summed E-state index contributed by atoms with van der Waals surface area (Å²) in [6.45, 7) is 3.57. The van der Waals surface area contributed by atoms with Gasteiger partial charge in [0, 0.05) is 24.5 Å². The van der Waals surface area contributed by atoms with Crippen LogP contribution in [0.3, 0.4) is 0 Å². The van der Waals surface area contributed by atoms with Gasteiger partial charge in [0.1, 0.15) is 0 Å². The minimum absolute atomic E-state index is 0.225. The number of hydrogen-bond donors (Lipinski definition) is 1. The number of amides is 1. The molecule has 0 saturated heterocycles. The lowest BCUT2D eigenvalue weighted by atomic mass is 9.89. The standard InChI is InChI=1S/C22H21N3O3/c1-15(16-7-9-18(10-8-16)25-12-11-23-14-25)24-21(27)22(2)13-17-5-3-4-6-19(17)20(26)28-22/h3-12,14-15H,13H2,1-2H3,(H,24,27)/t15-,22+/m0/s1. The predicted octanol–water partition coefficient (Wildman–Crippen LogP) is 3.22. The Hall–Kier alpha value is -3.41. The Morgan fingerprint density at radius 2 is 1.96 bits per heavy atom. The van der Waals surface area contributed by atoms with E-state index in [-0.39, 0.29) is 11.9 Å². The molecule has 0 spiro atoms. The molecule has 1 aromatic heterocycles. The summed E-state index contributed by atoms with van der Waals surface area (Å²) in [6, 6.07) is 14.9. The van der Waals surface area contributed by atoms with E-state index in [4.69, 9.17) is 4.74 Å². The van der Waals surface area contributed by atoms with E-state index in [0.29, 0.717) is 12.0 Å². The van der Waals surface area contributed by atoms with Crippen LogP contribution in [0.15, 0.2) is 67.3 Å². The number of aromatic nitrogens is 2. The maximum Gasteiger partial charge on any atom is 0.339 e. The van der Waals surface area contributed by atoms with Gasteiger partial charge in [-0.05, 0) is 43.2 Å². The molecule has 1 aliphatic rings. The Bertz CT molecular complexity index is 1010. The molecule has 6 nitrogen and oxygen atoms in total. The molecule has 0 radical (unpaired) electrons. The smallest absolute Gasteiger partial charge is 0.339 e. The number of nitrogens with one attached hydrogen (secondary N) is 1. The highest BCUT2D eigenvalue weighted by atomic mass is 16.6. The number of rotatable bonds is 4. The normalized spacial score (nSPS) is 19.4. The van der Waals surface area contributed by atoms with Crippen LogP contribution < -0.4 is 5.32 Å². The van der Waals surface area contributed by atoms with Gasteiger partial charge >= 0.3 is 5.97 Å². The number of fused-ring (bicyclic) bond motifs is 1. The van der Waals surface area contributed by atoms with Crippen molar-refractivity contribution in [2.24, 2.45) is 0 Å². The van der Waals surface area contributed by atoms with Crippen LogP contribution in [0.25, 0.3) is 5.69 Å². The first-order valence-electron chi connectivity index (χ1n) is 9.17. The Morgan fingerprint density at radius 3 is 2.68 bits per heavy atom. The zero-order valence-electron chi connectivity index (χ0n) is 15.8. The lowest BCUT2D eigenvalue weighted by Crippen LogP contribution is -2.52. The molecule has 2 aromatic carbocycles. The van der Waals surface area contributed by atoms with Gasteiger partial charge in [-0.3, -0.25) is 4.79 Å². The Kier molecular flexibility index (Phi) is 4.47. The Balaban J connectivity index is 1.48. The van der Waals surface area contributed by atoms with E-state index in [9.17, 15) is 9.59 Å². The van der Waals surface area contributed by atoms with Crippen molar-refractivity contribution in [3.8, 4) is 5.69 Å². The van der Waals surface area contributed by atoms with Crippen molar-refractivity contribution in [2.75, 3.05) is 0 Å². The summed E-state index contributed by atoms with van der Waals surface area (Å²) in [4.78, 5) is 29.3. The molecule has 0 aliphatic carbocycles. The zero-order valence-corrected chi connectivity index (χ0v) is 15.8. The monoisotopic (exact) mass is 375 g/mol. The van der Waals surface area contributed by atoms with E-state index < -0.39 is 11.6 Å². The first-order chi connectivity index (χ1) is 13.5.